The number of hydrogen-bond donors (Lipinski definition) is 1. The highest BCUT2D eigenvalue weighted by molar-refractivity contribution is 7.07. The quantitative estimate of drug-likeness (QED) is 0.584. The van der Waals surface area contributed by atoms with Crippen molar-refractivity contribution < 1.29 is 18.3 Å². The average molecular weight is 484 g/mol. The molecule has 0 radical (unpaired) electrons. The first-order valence-electron chi connectivity index (χ1n) is 10.4. The summed E-state index contributed by atoms with van der Waals surface area (Å²) in [5.41, 5.74) is 1.68. The predicted octanol–water partition coefficient (Wildman–Crippen LogP) is 3.14. The van der Waals surface area contributed by atoms with Crippen molar-refractivity contribution in [3.8, 4) is 17.5 Å². The third-order valence-electron chi connectivity index (χ3n) is 4.88. The monoisotopic (exact) mass is 483 g/mol. The van der Waals surface area contributed by atoms with E-state index in [0.29, 0.717) is 5.69 Å². The first kappa shape index (κ1) is 24.9. The zero-order valence-electron chi connectivity index (χ0n) is 19.1. The molecule has 0 spiro atoms. The van der Waals surface area contributed by atoms with Gasteiger partial charge in [-0.25, -0.2) is 0 Å². The van der Waals surface area contributed by atoms with Gasteiger partial charge in [-0.05, 0) is 51.0 Å². The van der Waals surface area contributed by atoms with Crippen LogP contribution >= 0.6 is 11.3 Å². The Morgan fingerprint density at radius 2 is 1.79 bits per heavy atom. The molecule has 0 saturated carbocycles. The summed E-state index contributed by atoms with van der Waals surface area (Å²) in [6, 6.07) is 13.3. The topological polar surface area (TPSA) is 84.1 Å². The number of para-hydroxylation sites is 2. The lowest BCUT2D eigenvalue weighted by Gasteiger charge is -2.11. The standard InChI is InChI=1S/C25H23F2N3O3S/c1-14(2)29-22(31)18(13-28)24-30(21-15(3)8-7-9-16(21)4)23(32)20(34-24)12-17-10-5-6-11-19(17)33-25(26)27/h5-12,14,25H,1-4H3,(H,29,31). The fourth-order valence-corrected chi connectivity index (χ4v) is 4.56. The van der Waals surface area contributed by atoms with Crippen LogP contribution in [0.25, 0.3) is 17.3 Å². The minimum Gasteiger partial charge on any atom is -0.434 e. The van der Waals surface area contributed by atoms with Crippen molar-refractivity contribution >= 4 is 28.9 Å². The highest BCUT2D eigenvalue weighted by atomic mass is 32.1. The molecule has 1 N–H and O–H groups in total. The Hall–Kier alpha value is -3.77. The molecule has 0 bridgehead atoms. The van der Waals surface area contributed by atoms with Crippen molar-refractivity contribution in [3.05, 3.63) is 78.7 Å². The molecule has 0 aliphatic carbocycles. The van der Waals surface area contributed by atoms with Crippen molar-refractivity contribution in [3.63, 3.8) is 0 Å². The zero-order valence-corrected chi connectivity index (χ0v) is 19.9. The van der Waals surface area contributed by atoms with Gasteiger partial charge >= 0.3 is 6.61 Å². The number of carbonyl (C=O) groups is 1. The van der Waals surface area contributed by atoms with Crippen LogP contribution in [0, 0.1) is 25.2 Å². The number of nitrogens with one attached hydrogen (secondary N) is 1. The fourth-order valence-electron chi connectivity index (χ4n) is 3.49. The maximum atomic E-state index is 13.6. The molecular weight excluding hydrogens is 460 g/mol. The summed E-state index contributed by atoms with van der Waals surface area (Å²) in [7, 11) is 0. The number of ether oxygens (including phenoxy) is 1. The number of aromatic nitrogens is 1. The van der Waals surface area contributed by atoms with E-state index in [2.05, 4.69) is 10.1 Å². The lowest BCUT2D eigenvalue weighted by molar-refractivity contribution is -0.116. The third kappa shape index (κ3) is 5.24. The van der Waals surface area contributed by atoms with Gasteiger partial charge in [0.1, 0.15) is 16.5 Å². The molecule has 3 rings (SSSR count). The Labute approximate surface area is 199 Å². The van der Waals surface area contributed by atoms with Gasteiger partial charge in [-0.1, -0.05) is 36.4 Å². The molecule has 1 aromatic heterocycles. The molecule has 6 nitrogen and oxygen atoms in total. The van der Waals surface area contributed by atoms with Crippen molar-refractivity contribution in [1.82, 2.24) is 9.88 Å². The molecule has 0 aliphatic rings. The molecule has 0 fully saturated rings. The summed E-state index contributed by atoms with van der Waals surface area (Å²) in [5.74, 6) is -0.695. The maximum absolute atomic E-state index is 13.6. The van der Waals surface area contributed by atoms with Gasteiger partial charge in [0.05, 0.1) is 10.2 Å². The van der Waals surface area contributed by atoms with Crippen molar-refractivity contribution in [2.45, 2.75) is 40.3 Å². The van der Waals surface area contributed by atoms with Crippen molar-refractivity contribution in [1.29, 1.82) is 5.26 Å². The number of carbonyl (C=O) groups excluding carboxylic acids is 1. The molecule has 1 amide bonds. The van der Waals surface area contributed by atoms with E-state index in [0.717, 1.165) is 22.5 Å². The molecule has 1 heterocycles. The van der Waals surface area contributed by atoms with Gasteiger partial charge in [-0.15, -0.1) is 11.3 Å². The minimum absolute atomic E-state index is 0.0903. The summed E-state index contributed by atoms with van der Waals surface area (Å²) in [6.45, 7) is 4.15. The van der Waals surface area contributed by atoms with Crippen LogP contribution in [-0.4, -0.2) is 23.1 Å². The molecule has 34 heavy (non-hydrogen) atoms. The van der Waals surface area contributed by atoms with Crippen molar-refractivity contribution in [2.75, 3.05) is 0 Å². The molecule has 176 valence electrons. The van der Waals surface area contributed by atoms with Crippen LogP contribution in [-0.2, 0) is 4.79 Å². The smallest absolute Gasteiger partial charge is 0.387 e. The summed E-state index contributed by atoms with van der Waals surface area (Å²) in [6.07, 6.45) is 1.42. The molecule has 9 heteroatoms. The second-order valence-corrected chi connectivity index (χ2v) is 8.86. The van der Waals surface area contributed by atoms with E-state index in [1.54, 1.807) is 32.0 Å². The first-order chi connectivity index (χ1) is 16.1. The van der Waals surface area contributed by atoms with Crippen LogP contribution in [0.1, 0.15) is 30.5 Å². The van der Waals surface area contributed by atoms with Gasteiger partial charge < -0.3 is 10.1 Å². The normalized spacial score (nSPS) is 12.6. The number of rotatable bonds is 6. The van der Waals surface area contributed by atoms with Crippen LogP contribution in [0.15, 0.2) is 47.3 Å². The maximum Gasteiger partial charge on any atom is 0.387 e. The Bertz CT molecular complexity index is 1430. The van der Waals surface area contributed by atoms with E-state index >= 15 is 0 Å². The van der Waals surface area contributed by atoms with Gasteiger partial charge in [0.25, 0.3) is 11.5 Å². The van der Waals surface area contributed by atoms with Gasteiger partial charge in [-0.2, -0.15) is 14.0 Å². The van der Waals surface area contributed by atoms with Crippen molar-refractivity contribution in [2.24, 2.45) is 0 Å². The highest BCUT2D eigenvalue weighted by Crippen LogP contribution is 2.21. The van der Waals surface area contributed by atoms with Crippen LogP contribution in [0.4, 0.5) is 8.78 Å². The van der Waals surface area contributed by atoms with Gasteiger partial charge in [-0.3, -0.25) is 14.2 Å². The summed E-state index contributed by atoms with van der Waals surface area (Å²) in [4.78, 5) is 26.4. The Morgan fingerprint density at radius 1 is 1.15 bits per heavy atom. The number of benzene rings is 2. The first-order valence-corrected chi connectivity index (χ1v) is 11.2. The van der Waals surface area contributed by atoms with E-state index < -0.39 is 18.1 Å². The molecule has 3 aromatic rings. The van der Waals surface area contributed by atoms with E-state index in [1.165, 1.54) is 16.7 Å². The number of alkyl halides is 2. The van der Waals surface area contributed by atoms with Crippen LogP contribution in [0.5, 0.6) is 5.75 Å². The lowest BCUT2D eigenvalue weighted by atomic mass is 10.1. The molecular formula is C25H23F2N3O3S. The summed E-state index contributed by atoms with van der Waals surface area (Å²) < 4.78 is 32.0. The number of aryl methyl sites for hydroxylation is 2. The number of nitrogens with zero attached hydrogens (tertiary/aromatic N) is 2. The second kappa shape index (κ2) is 10.4. The van der Waals surface area contributed by atoms with Gasteiger partial charge in [0.2, 0.25) is 0 Å². The second-order valence-electron chi connectivity index (χ2n) is 7.83. The third-order valence-corrected chi connectivity index (χ3v) is 5.97. The number of thiazole rings is 1. The predicted molar refractivity (Wildman–Crippen MR) is 128 cm³/mol. The lowest BCUT2D eigenvalue weighted by Crippen LogP contribution is -2.36. The Morgan fingerprint density at radius 3 is 2.38 bits per heavy atom. The van der Waals surface area contributed by atoms with Gasteiger partial charge in [0.15, 0.2) is 5.57 Å². The highest BCUT2D eigenvalue weighted by Gasteiger charge is 2.19. The molecule has 0 unspecified atom stereocenters. The van der Waals surface area contributed by atoms with E-state index in [4.69, 9.17) is 0 Å². The fraction of sp³-hybridized carbons (Fsp3) is 0.240. The zero-order chi connectivity index (χ0) is 25.0. The Balaban J connectivity index is 2.43. The number of nitriles is 1. The minimum atomic E-state index is -3.03. The largest absolute Gasteiger partial charge is 0.434 e. The van der Waals surface area contributed by atoms with Gasteiger partial charge in [0, 0.05) is 11.6 Å². The molecule has 0 saturated heterocycles. The number of halogens is 2. The molecule has 0 atom stereocenters. The molecule has 2 aromatic carbocycles. The summed E-state index contributed by atoms with van der Waals surface area (Å²) in [5, 5.41) is 12.5. The number of amides is 1. The van der Waals surface area contributed by atoms with E-state index in [1.807, 2.05) is 38.1 Å². The van der Waals surface area contributed by atoms with E-state index in [9.17, 15) is 23.6 Å². The molecule has 0 aliphatic heterocycles. The average Bonchev–Trinajstić information content (AvgIpc) is 3.05. The Kier molecular flexibility index (Phi) is 7.64. The van der Waals surface area contributed by atoms with Crippen LogP contribution in [0.2, 0.25) is 0 Å². The number of hydrogen-bond acceptors (Lipinski definition) is 5. The van der Waals surface area contributed by atoms with Crippen LogP contribution in [0.3, 0.4) is 0 Å². The van der Waals surface area contributed by atoms with Crippen LogP contribution < -0.4 is 24.8 Å². The van der Waals surface area contributed by atoms with E-state index in [-0.39, 0.29) is 32.1 Å². The summed E-state index contributed by atoms with van der Waals surface area (Å²) >= 11 is 0.940. The SMILES string of the molecule is Cc1cccc(C)c1-n1c(=C(C#N)C(=O)NC(C)C)sc(=Cc2ccccc2OC(F)F)c1=O.